The predicted molar refractivity (Wildman–Crippen MR) is 98.8 cm³/mol. The number of rotatable bonds is 7. The van der Waals surface area contributed by atoms with E-state index in [0.717, 1.165) is 14.9 Å². The van der Waals surface area contributed by atoms with Crippen LogP contribution in [-0.4, -0.2) is 42.5 Å². The SMILES string of the molecule is COc1ccc(C=CN2C(=O)N[C@@H](CCCN=C(N)N)C2=O)cc1Br. The van der Waals surface area contributed by atoms with Gasteiger partial charge in [-0.2, -0.15) is 0 Å². The molecule has 1 aromatic carbocycles. The van der Waals surface area contributed by atoms with Crippen LogP contribution in [0.15, 0.2) is 33.9 Å². The summed E-state index contributed by atoms with van der Waals surface area (Å²) in [6, 6.07) is 4.45. The first-order chi connectivity index (χ1) is 11.9. The summed E-state index contributed by atoms with van der Waals surface area (Å²) in [7, 11) is 1.58. The van der Waals surface area contributed by atoms with E-state index in [2.05, 4.69) is 26.2 Å². The predicted octanol–water partition coefficient (Wildman–Crippen LogP) is 1.40. The summed E-state index contributed by atoms with van der Waals surface area (Å²) in [5, 5.41) is 2.65. The maximum Gasteiger partial charge on any atom is 0.328 e. The highest BCUT2D eigenvalue weighted by atomic mass is 79.9. The van der Waals surface area contributed by atoms with Crippen molar-refractivity contribution in [2.45, 2.75) is 18.9 Å². The molecule has 5 N–H and O–H groups in total. The Labute approximate surface area is 154 Å². The minimum Gasteiger partial charge on any atom is -0.496 e. The zero-order valence-corrected chi connectivity index (χ0v) is 15.3. The zero-order chi connectivity index (χ0) is 18.4. The Bertz CT molecular complexity index is 716. The number of methoxy groups -OCH3 is 1. The van der Waals surface area contributed by atoms with Crippen molar-refractivity contribution in [2.24, 2.45) is 16.5 Å². The summed E-state index contributed by atoms with van der Waals surface area (Å²) in [6.45, 7) is 0.414. The van der Waals surface area contributed by atoms with Crippen molar-refractivity contribution < 1.29 is 14.3 Å². The number of carbonyl (C=O) groups is 2. The van der Waals surface area contributed by atoms with Gasteiger partial charge >= 0.3 is 6.03 Å². The molecule has 0 spiro atoms. The molecule has 0 bridgehead atoms. The monoisotopic (exact) mass is 409 g/mol. The number of halogens is 1. The quantitative estimate of drug-likeness (QED) is 0.271. The molecule has 3 amide bonds. The Morgan fingerprint density at radius 3 is 2.84 bits per heavy atom. The van der Waals surface area contributed by atoms with Crippen molar-refractivity contribution in [1.29, 1.82) is 0 Å². The molecule has 1 fully saturated rings. The third kappa shape index (κ3) is 4.96. The van der Waals surface area contributed by atoms with E-state index >= 15 is 0 Å². The molecule has 1 aliphatic rings. The zero-order valence-electron chi connectivity index (χ0n) is 13.7. The third-order valence-corrected chi connectivity index (χ3v) is 4.21. The molecule has 0 aromatic heterocycles. The topological polar surface area (TPSA) is 123 Å². The highest BCUT2D eigenvalue weighted by Gasteiger charge is 2.36. The van der Waals surface area contributed by atoms with Crippen molar-refractivity contribution in [1.82, 2.24) is 10.2 Å². The third-order valence-electron chi connectivity index (χ3n) is 3.59. The number of carbonyl (C=O) groups excluding carboxylic acids is 2. The number of guanidine groups is 1. The number of imide groups is 1. The standard InChI is InChI=1S/C16H20BrN5O3/c1-25-13-5-4-10(9-11(13)17)6-8-22-14(23)12(21-16(22)24)3-2-7-20-15(18)19/h4-6,8-9,12H,2-3,7H2,1H3,(H,21,24)(H4,18,19,20)/t12-/m0/s1. The molecule has 0 unspecified atom stereocenters. The van der Waals surface area contributed by atoms with Crippen LogP contribution >= 0.6 is 15.9 Å². The maximum absolute atomic E-state index is 12.3. The van der Waals surface area contributed by atoms with Crippen LogP contribution in [0, 0.1) is 0 Å². The van der Waals surface area contributed by atoms with Gasteiger partial charge in [0.05, 0.1) is 11.6 Å². The largest absolute Gasteiger partial charge is 0.496 e. The Morgan fingerprint density at radius 2 is 2.20 bits per heavy atom. The van der Waals surface area contributed by atoms with E-state index in [9.17, 15) is 9.59 Å². The number of nitrogens with two attached hydrogens (primary N) is 2. The molecule has 134 valence electrons. The Hall–Kier alpha value is -2.55. The lowest BCUT2D eigenvalue weighted by Gasteiger charge is -2.08. The first kappa shape index (κ1) is 18.8. The van der Waals surface area contributed by atoms with E-state index in [1.54, 1.807) is 19.3 Å². The first-order valence-corrected chi connectivity index (χ1v) is 8.42. The van der Waals surface area contributed by atoms with Crippen LogP contribution in [0.3, 0.4) is 0 Å². The van der Waals surface area contributed by atoms with Gasteiger partial charge < -0.3 is 21.5 Å². The number of aliphatic imine (C=N–C) groups is 1. The lowest BCUT2D eigenvalue weighted by atomic mass is 10.1. The fourth-order valence-electron chi connectivity index (χ4n) is 2.34. The van der Waals surface area contributed by atoms with Crippen molar-refractivity contribution in [3.63, 3.8) is 0 Å². The molecule has 2 rings (SSSR count). The summed E-state index contributed by atoms with van der Waals surface area (Å²) in [5.41, 5.74) is 11.3. The van der Waals surface area contributed by atoms with Crippen molar-refractivity contribution in [3.05, 3.63) is 34.4 Å². The molecular weight excluding hydrogens is 390 g/mol. The summed E-state index contributed by atoms with van der Waals surface area (Å²) in [5.74, 6) is 0.420. The fourth-order valence-corrected chi connectivity index (χ4v) is 2.89. The highest BCUT2D eigenvalue weighted by molar-refractivity contribution is 9.10. The molecule has 1 aromatic rings. The van der Waals surface area contributed by atoms with Gasteiger partial charge in [-0.1, -0.05) is 6.07 Å². The van der Waals surface area contributed by atoms with Gasteiger partial charge in [-0.25, -0.2) is 9.69 Å². The molecule has 0 saturated carbocycles. The van der Waals surface area contributed by atoms with Gasteiger partial charge in [0.1, 0.15) is 11.8 Å². The van der Waals surface area contributed by atoms with Crippen LogP contribution in [0.2, 0.25) is 0 Å². The van der Waals surface area contributed by atoms with E-state index in [4.69, 9.17) is 16.2 Å². The number of ether oxygens (including phenoxy) is 1. The summed E-state index contributed by atoms with van der Waals surface area (Å²) in [6.07, 6.45) is 4.21. The molecule has 1 heterocycles. The molecule has 1 saturated heterocycles. The first-order valence-electron chi connectivity index (χ1n) is 7.63. The van der Waals surface area contributed by atoms with Crippen molar-refractivity contribution in [2.75, 3.05) is 13.7 Å². The molecule has 9 heteroatoms. The molecule has 0 aliphatic carbocycles. The minimum atomic E-state index is -0.561. The van der Waals surface area contributed by atoms with Crippen LogP contribution in [0.1, 0.15) is 18.4 Å². The van der Waals surface area contributed by atoms with Crippen LogP contribution in [0.5, 0.6) is 5.75 Å². The average molecular weight is 410 g/mol. The molecule has 1 aliphatic heterocycles. The molecule has 1 atom stereocenters. The molecule has 8 nitrogen and oxygen atoms in total. The molecule has 0 radical (unpaired) electrons. The van der Waals surface area contributed by atoms with E-state index in [1.165, 1.54) is 6.20 Å². The van der Waals surface area contributed by atoms with E-state index in [-0.39, 0.29) is 11.9 Å². The second kappa shape index (κ2) is 8.52. The number of urea groups is 1. The number of nitrogens with zero attached hydrogens (tertiary/aromatic N) is 2. The fraction of sp³-hybridized carbons (Fsp3) is 0.312. The average Bonchev–Trinajstić information content (AvgIpc) is 2.83. The highest BCUT2D eigenvalue weighted by Crippen LogP contribution is 2.26. The van der Waals surface area contributed by atoms with Gasteiger partial charge in [-0.15, -0.1) is 0 Å². The van der Waals surface area contributed by atoms with E-state index in [0.29, 0.717) is 25.1 Å². The second-order valence-electron chi connectivity index (χ2n) is 5.37. The van der Waals surface area contributed by atoms with Gasteiger partial charge in [-0.05, 0) is 52.5 Å². The minimum absolute atomic E-state index is 0.0111. The van der Waals surface area contributed by atoms with E-state index in [1.807, 2.05) is 12.1 Å². The normalized spacial score (nSPS) is 17.0. The summed E-state index contributed by atoms with van der Waals surface area (Å²) < 4.78 is 5.95. The van der Waals surface area contributed by atoms with E-state index < -0.39 is 12.1 Å². The van der Waals surface area contributed by atoms with Crippen molar-refractivity contribution >= 4 is 39.9 Å². The Balaban J connectivity index is 1.97. The number of hydrogen-bond donors (Lipinski definition) is 3. The number of benzene rings is 1. The Morgan fingerprint density at radius 1 is 1.44 bits per heavy atom. The molecule has 25 heavy (non-hydrogen) atoms. The molecular formula is C16H20BrN5O3. The van der Waals surface area contributed by atoms with Crippen LogP contribution < -0.4 is 21.5 Å². The van der Waals surface area contributed by atoms with Crippen LogP contribution in [0.25, 0.3) is 6.08 Å². The summed E-state index contributed by atoms with van der Waals surface area (Å²) in [4.78, 5) is 29.2. The number of hydrogen-bond acceptors (Lipinski definition) is 4. The van der Waals surface area contributed by atoms with Gasteiger partial charge in [0.2, 0.25) is 0 Å². The van der Waals surface area contributed by atoms with Crippen LogP contribution in [-0.2, 0) is 4.79 Å². The van der Waals surface area contributed by atoms with Gasteiger partial charge in [0.25, 0.3) is 5.91 Å². The second-order valence-corrected chi connectivity index (χ2v) is 6.22. The van der Waals surface area contributed by atoms with Gasteiger partial charge in [0, 0.05) is 12.7 Å². The maximum atomic E-state index is 12.3. The van der Waals surface area contributed by atoms with Gasteiger partial charge in [0.15, 0.2) is 5.96 Å². The number of nitrogens with one attached hydrogen (secondary N) is 1. The summed E-state index contributed by atoms with van der Waals surface area (Å²) >= 11 is 3.39. The smallest absolute Gasteiger partial charge is 0.328 e. The lowest BCUT2D eigenvalue weighted by Crippen LogP contribution is -2.29. The van der Waals surface area contributed by atoms with Crippen molar-refractivity contribution in [3.8, 4) is 5.75 Å². The number of amides is 3. The van der Waals surface area contributed by atoms with Crippen LogP contribution in [0.4, 0.5) is 4.79 Å². The Kier molecular flexibility index (Phi) is 6.40. The van der Waals surface area contributed by atoms with Gasteiger partial charge in [-0.3, -0.25) is 9.79 Å². The lowest BCUT2D eigenvalue weighted by molar-refractivity contribution is -0.125.